The minimum Gasteiger partial charge on any atom is -0.493 e. The van der Waals surface area contributed by atoms with Gasteiger partial charge in [-0.25, -0.2) is 4.98 Å². The first-order valence-corrected chi connectivity index (χ1v) is 9.09. The highest BCUT2D eigenvalue weighted by Crippen LogP contribution is 2.31. The molecule has 1 aliphatic heterocycles. The second kappa shape index (κ2) is 7.92. The van der Waals surface area contributed by atoms with Crippen molar-refractivity contribution < 1.29 is 14.3 Å². The first kappa shape index (κ1) is 19.1. The predicted octanol–water partition coefficient (Wildman–Crippen LogP) is 2.72. The van der Waals surface area contributed by atoms with Gasteiger partial charge in [0, 0.05) is 25.2 Å². The van der Waals surface area contributed by atoms with Crippen LogP contribution in [-0.4, -0.2) is 46.5 Å². The minimum absolute atomic E-state index is 0.0402. The van der Waals surface area contributed by atoms with E-state index in [1.807, 2.05) is 29.2 Å². The summed E-state index contributed by atoms with van der Waals surface area (Å²) >= 11 is 0. The maximum atomic E-state index is 12.5. The Bertz CT molecular complexity index is 804. The Labute approximate surface area is 159 Å². The molecule has 144 valence electrons. The number of benzene rings is 1. The number of rotatable bonds is 5. The number of nitrogens with zero attached hydrogens (tertiary/aromatic N) is 3. The van der Waals surface area contributed by atoms with E-state index in [-0.39, 0.29) is 11.8 Å². The Morgan fingerprint density at radius 1 is 1.26 bits per heavy atom. The average molecular weight is 370 g/mol. The zero-order chi connectivity index (χ0) is 19.4. The van der Waals surface area contributed by atoms with Crippen molar-refractivity contribution in [3.05, 3.63) is 42.4 Å². The average Bonchev–Trinajstić information content (AvgIpc) is 2.67. The molecule has 1 aromatic heterocycles. The molecule has 1 aromatic carbocycles. The number of likely N-dealkylation sites (tertiary alicyclic amines) is 1. The summed E-state index contributed by atoms with van der Waals surface area (Å²) in [6.07, 6.45) is 5.17. The van der Waals surface area contributed by atoms with Crippen LogP contribution in [-0.2, 0) is 4.79 Å². The highest BCUT2D eigenvalue weighted by Gasteiger charge is 2.32. The van der Waals surface area contributed by atoms with Crippen LogP contribution in [0.5, 0.6) is 17.4 Å². The summed E-state index contributed by atoms with van der Waals surface area (Å²) in [4.78, 5) is 23.2. The number of amides is 1. The van der Waals surface area contributed by atoms with Gasteiger partial charge in [-0.05, 0) is 38.8 Å². The molecule has 2 N–H and O–H groups in total. The molecule has 0 radical (unpaired) electrons. The van der Waals surface area contributed by atoms with Crippen molar-refractivity contribution >= 4 is 5.91 Å². The maximum absolute atomic E-state index is 12.5. The highest BCUT2D eigenvalue weighted by molar-refractivity contribution is 5.85. The van der Waals surface area contributed by atoms with E-state index < -0.39 is 5.54 Å². The fourth-order valence-electron chi connectivity index (χ4n) is 3.23. The van der Waals surface area contributed by atoms with Gasteiger partial charge in [0.15, 0.2) is 11.5 Å². The van der Waals surface area contributed by atoms with Gasteiger partial charge >= 0.3 is 0 Å². The van der Waals surface area contributed by atoms with Crippen LogP contribution < -0.4 is 15.2 Å². The molecule has 0 unspecified atom stereocenters. The SMILES string of the molecule is COc1ccccc1Oc1cncc([C@@H]2CCCN(C(=O)C(C)(C)N)C2)n1. The molecule has 0 bridgehead atoms. The number of para-hydroxylation sites is 2. The third-order valence-corrected chi connectivity index (χ3v) is 4.59. The van der Waals surface area contributed by atoms with Crippen LogP contribution in [0.25, 0.3) is 0 Å². The van der Waals surface area contributed by atoms with Gasteiger partial charge in [0.25, 0.3) is 0 Å². The lowest BCUT2D eigenvalue weighted by molar-refractivity contribution is -0.137. The molecule has 2 aromatic rings. The predicted molar refractivity (Wildman–Crippen MR) is 102 cm³/mol. The van der Waals surface area contributed by atoms with E-state index >= 15 is 0 Å². The molecule has 1 aliphatic rings. The van der Waals surface area contributed by atoms with Crippen LogP contribution in [0.15, 0.2) is 36.7 Å². The van der Waals surface area contributed by atoms with E-state index in [0.29, 0.717) is 23.9 Å². The standard InChI is InChI=1S/C20H26N4O3/c1-20(2,21)19(25)24-10-6-7-14(13-24)15-11-22-12-18(23-15)27-17-9-5-4-8-16(17)26-3/h4-5,8-9,11-12,14H,6-7,10,13,21H2,1-3H3/t14-/m1/s1. The number of hydrogen-bond donors (Lipinski definition) is 1. The van der Waals surface area contributed by atoms with Crippen molar-refractivity contribution in [2.75, 3.05) is 20.2 Å². The summed E-state index contributed by atoms with van der Waals surface area (Å²) in [7, 11) is 1.59. The normalized spacial score (nSPS) is 17.5. The Hall–Kier alpha value is -2.67. The zero-order valence-electron chi connectivity index (χ0n) is 16.0. The molecule has 0 saturated carbocycles. The third kappa shape index (κ3) is 4.54. The maximum Gasteiger partial charge on any atom is 0.242 e. The number of carbonyl (C=O) groups excluding carboxylic acids is 1. The number of aromatic nitrogens is 2. The van der Waals surface area contributed by atoms with Crippen LogP contribution in [0.3, 0.4) is 0 Å². The zero-order valence-corrected chi connectivity index (χ0v) is 16.0. The molecule has 7 nitrogen and oxygen atoms in total. The molecule has 1 fully saturated rings. The van der Waals surface area contributed by atoms with E-state index in [1.54, 1.807) is 33.4 Å². The molecule has 1 saturated heterocycles. The Kier molecular flexibility index (Phi) is 5.60. The third-order valence-electron chi connectivity index (χ3n) is 4.59. The monoisotopic (exact) mass is 370 g/mol. The van der Waals surface area contributed by atoms with Gasteiger partial charge in [0.2, 0.25) is 11.8 Å². The molecule has 0 spiro atoms. The van der Waals surface area contributed by atoms with E-state index in [2.05, 4.69) is 9.97 Å². The number of carbonyl (C=O) groups is 1. The van der Waals surface area contributed by atoms with Gasteiger partial charge in [-0.2, -0.15) is 0 Å². The first-order chi connectivity index (χ1) is 12.9. The Balaban J connectivity index is 1.76. The van der Waals surface area contributed by atoms with Crippen molar-refractivity contribution in [1.82, 2.24) is 14.9 Å². The van der Waals surface area contributed by atoms with Crippen molar-refractivity contribution in [1.29, 1.82) is 0 Å². The second-order valence-electron chi connectivity index (χ2n) is 7.35. The highest BCUT2D eigenvalue weighted by atomic mass is 16.5. The summed E-state index contributed by atoms with van der Waals surface area (Å²) in [5, 5.41) is 0. The Morgan fingerprint density at radius 3 is 2.70 bits per heavy atom. The first-order valence-electron chi connectivity index (χ1n) is 9.09. The lowest BCUT2D eigenvalue weighted by atomic mass is 9.93. The summed E-state index contributed by atoms with van der Waals surface area (Å²) in [5.74, 6) is 1.68. The van der Waals surface area contributed by atoms with Crippen LogP contribution in [0.2, 0.25) is 0 Å². The molecular weight excluding hydrogens is 344 g/mol. The molecule has 1 amide bonds. The fourth-order valence-corrected chi connectivity index (χ4v) is 3.23. The summed E-state index contributed by atoms with van der Waals surface area (Å²) in [6, 6.07) is 7.39. The van der Waals surface area contributed by atoms with E-state index in [1.165, 1.54) is 0 Å². The van der Waals surface area contributed by atoms with Crippen molar-refractivity contribution in [3.8, 4) is 17.4 Å². The van der Waals surface area contributed by atoms with E-state index in [4.69, 9.17) is 15.2 Å². The number of piperidine rings is 1. The minimum atomic E-state index is -0.873. The largest absolute Gasteiger partial charge is 0.493 e. The quantitative estimate of drug-likeness (QED) is 0.870. The smallest absolute Gasteiger partial charge is 0.242 e. The molecular formula is C20H26N4O3. The molecule has 2 heterocycles. The van der Waals surface area contributed by atoms with Gasteiger partial charge in [-0.3, -0.25) is 9.78 Å². The molecule has 0 aliphatic carbocycles. The van der Waals surface area contributed by atoms with Crippen LogP contribution in [0.1, 0.15) is 38.3 Å². The van der Waals surface area contributed by atoms with Gasteiger partial charge in [0.05, 0.1) is 24.5 Å². The van der Waals surface area contributed by atoms with Gasteiger partial charge in [-0.1, -0.05) is 12.1 Å². The van der Waals surface area contributed by atoms with Crippen molar-refractivity contribution in [2.24, 2.45) is 5.73 Å². The molecule has 7 heteroatoms. The van der Waals surface area contributed by atoms with Gasteiger partial charge in [-0.15, -0.1) is 0 Å². The molecule has 3 rings (SSSR count). The fraction of sp³-hybridized carbons (Fsp3) is 0.450. The number of methoxy groups -OCH3 is 1. The molecule has 27 heavy (non-hydrogen) atoms. The lowest BCUT2D eigenvalue weighted by Crippen LogP contribution is -2.53. The van der Waals surface area contributed by atoms with Crippen molar-refractivity contribution in [2.45, 2.75) is 38.1 Å². The summed E-state index contributed by atoms with van der Waals surface area (Å²) in [5.41, 5.74) is 5.92. The summed E-state index contributed by atoms with van der Waals surface area (Å²) in [6.45, 7) is 4.79. The van der Waals surface area contributed by atoms with Crippen LogP contribution in [0.4, 0.5) is 0 Å². The number of hydrogen-bond acceptors (Lipinski definition) is 6. The lowest BCUT2D eigenvalue weighted by Gasteiger charge is -2.36. The van der Waals surface area contributed by atoms with Gasteiger partial charge in [0.1, 0.15) is 0 Å². The number of ether oxygens (including phenoxy) is 2. The summed E-state index contributed by atoms with van der Waals surface area (Å²) < 4.78 is 11.2. The topological polar surface area (TPSA) is 90.6 Å². The second-order valence-corrected chi connectivity index (χ2v) is 7.35. The van der Waals surface area contributed by atoms with Crippen LogP contribution >= 0.6 is 0 Å². The molecule has 1 atom stereocenters. The van der Waals surface area contributed by atoms with E-state index in [0.717, 1.165) is 25.1 Å². The number of nitrogens with two attached hydrogens (primary N) is 1. The Morgan fingerprint density at radius 2 is 2.00 bits per heavy atom. The van der Waals surface area contributed by atoms with Gasteiger partial charge < -0.3 is 20.1 Å². The van der Waals surface area contributed by atoms with Crippen molar-refractivity contribution in [3.63, 3.8) is 0 Å². The van der Waals surface area contributed by atoms with Crippen LogP contribution in [0, 0.1) is 0 Å². The van der Waals surface area contributed by atoms with E-state index in [9.17, 15) is 4.79 Å².